The normalized spacial score (nSPS) is 23.8. The van der Waals surface area contributed by atoms with E-state index in [1.54, 1.807) is 0 Å². The number of carbonyl (C=O) groups excluding carboxylic acids is 1. The highest BCUT2D eigenvalue weighted by Crippen LogP contribution is 2.43. The molecule has 0 aromatic carbocycles. The van der Waals surface area contributed by atoms with E-state index in [2.05, 4.69) is 15.2 Å². The second-order valence-electron chi connectivity index (χ2n) is 6.27. The van der Waals surface area contributed by atoms with Gasteiger partial charge >= 0.3 is 0 Å². The minimum absolute atomic E-state index is 0.0134. The van der Waals surface area contributed by atoms with E-state index in [-0.39, 0.29) is 11.3 Å². The summed E-state index contributed by atoms with van der Waals surface area (Å²) in [6.07, 6.45) is 8.50. The van der Waals surface area contributed by atoms with Gasteiger partial charge in [0.05, 0.1) is 18.0 Å². The molecule has 1 N–H and O–H groups in total. The lowest BCUT2D eigenvalue weighted by Crippen LogP contribution is -2.47. The van der Waals surface area contributed by atoms with Gasteiger partial charge in [-0.25, -0.2) is 4.39 Å². The number of aromatic amines is 1. The number of likely N-dealkylation sites (tertiary alicyclic amines) is 1. The topological polar surface area (TPSA) is 61.9 Å². The molecule has 1 unspecified atom stereocenters. The van der Waals surface area contributed by atoms with Crippen LogP contribution in [0.15, 0.2) is 24.7 Å². The average Bonchev–Trinajstić information content (AvgIpc) is 3.12. The van der Waals surface area contributed by atoms with Crippen LogP contribution in [0, 0.1) is 5.82 Å². The van der Waals surface area contributed by atoms with E-state index in [1.165, 1.54) is 23.5 Å². The Morgan fingerprint density at radius 2 is 2.23 bits per heavy atom. The number of rotatable bonds is 1. The van der Waals surface area contributed by atoms with E-state index >= 15 is 0 Å². The second kappa shape index (κ2) is 4.90. The Labute approximate surface area is 127 Å². The number of halogens is 1. The van der Waals surface area contributed by atoms with Crippen LogP contribution >= 0.6 is 0 Å². The molecule has 1 fully saturated rings. The van der Waals surface area contributed by atoms with Crippen LogP contribution in [0.1, 0.15) is 40.9 Å². The van der Waals surface area contributed by atoms with Crippen LogP contribution in [-0.4, -0.2) is 39.1 Å². The third-order valence-electron chi connectivity index (χ3n) is 4.94. The molecular weight excluding hydrogens is 283 g/mol. The zero-order chi connectivity index (χ0) is 15.2. The molecule has 4 rings (SSSR count). The summed E-state index contributed by atoms with van der Waals surface area (Å²) in [7, 11) is 0. The van der Waals surface area contributed by atoms with Gasteiger partial charge in [-0.1, -0.05) is 0 Å². The maximum atomic E-state index is 13.3. The third kappa shape index (κ3) is 2.01. The van der Waals surface area contributed by atoms with Gasteiger partial charge in [-0.05, 0) is 37.3 Å². The van der Waals surface area contributed by atoms with Crippen molar-refractivity contribution in [2.24, 2.45) is 0 Å². The first kappa shape index (κ1) is 13.4. The molecule has 0 radical (unpaired) electrons. The number of hydrogen-bond donors (Lipinski definition) is 1. The minimum Gasteiger partial charge on any atom is -0.338 e. The number of piperidine rings is 1. The van der Waals surface area contributed by atoms with Crippen molar-refractivity contribution in [3.8, 4) is 0 Å². The van der Waals surface area contributed by atoms with Gasteiger partial charge in [-0.15, -0.1) is 0 Å². The molecule has 2 aromatic heterocycles. The van der Waals surface area contributed by atoms with E-state index in [9.17, 15) is 9.18 Å². The number of H-pyrrole nitrogens is 1. The Hall–Kier alpha value is -2.24. The van der Waals surface area contributed by atoms with Crippen LogP contribution in [0.4, 0.5) is 4.39 Å². The number of aryl methyl sites for hydroxylation is 1. The summed E-state index contributed by atoms with van der Waals surface area (Å²) in [5, 5.41) is 7.27. The fraction of sp³-hybridized carbons (Fsp3) is 0.438. The second-order valence-corrected chi connectivity index (χ2v) is 6.27. The molecule has 1 spiro atoms. The van der Waals surface area contributed by atoms with Crippen LogP contribution in [-0.2, 0) is 11.8 Å². The Morgan fingerprint density at radius 3 is 3.09 bits per heavy atom. The van der Waals surface area contributed by atoms with Crippen molar-refractivity contribution in [2.75, 3.05) is 13.1 Å². The molecule has 1 aliphatic carbocycles. The molecule has 1 aliphatic heterocycles. The van der Waals surface area contributed by atoms with Gasteiger partial charge in [-0.3, -0.25) is 14.9 Å². The zero-order valence-electron chi connectivity index (χ0n) is 12.2. The number of hydrogen-bond acceptors (Lipinski definition) is 3. The molecule has 2 aliphatic rings. The molecule has 5 nitrogen and oxygen atoms in total. The maximum absolute atomic E-state index is 13.3. The van der Waals surface area contributed by atoms with Crippen LogP contribution in [0.5, 0.6) is 0 Å². The fourth-order valence-electron chi connectivity index (χ4n) is 3.88. The van der Waals surface area contributed by atoms with Gasteiger partial charge in [0, 0.05) is 30.4 Å². The Bertz CT molecular complexity index is 728. The van der Waals surface area contributed by atoms with Crippen LogP contribution in [0.25, 0.3) is 0 Å². The molecule has 2 aromatic rings. The molecule has 22 heavy (non-hydrogen) atoms. The van der Waals surface area contributed by atoms with Crippen LogP contribution < -0.4 is 0 Å². The number of aromatic nitrogens is 3. The quantitative estimate of drug-likeness (QED) is 0.877. The van der Waals surface area contributed by atoms with Crippen molar-refractivity contribution in [1.29, 1.82) is 0 Å². The molecule has 0 bridgehead atoms. The molecule has 6 heteroatoms. The molecular formula is C16H17FN4O. The SMILES string of the molecule is O=C(c1cncc(F)c1)N1CCCC2(CCc3cn[nH]c32)C1. The lowest BCUT2D eigenvalue weighted by Gasteiger charge is -2.40. The van der Waals surface area contributed by atoms with E-state index < -0.39 is 5.82 Å². The summed E-state index contributed by atoms with van der Waals surface area (Å²) in [6, 6.07) is 1.26. The molecule has 1 atom stereocenters. The first-order chi connectivity index (χ1) is 10.7. The summed E-state index contributed by atoms with van der Waals surface area (Å²) >= 11 is 0. The van der Waals surface area contributed by atoms with Gasteiger partial charge in [0.1, 0.15) is 5.82 Å². The molecule has 0 saturated carbocycles. The number of fused-ring (bicyclic) bond motifs is 2. The van der Waals surface area contributed by atoms with E-state index in [4.69, 9.17) is 0 Å². The van der Waals surface area contributed by atoms with Crippen LogP contribution in [0.2, 0.25) is 0 Å². The Kier molecular flexibility index (Phi) is 2.99. The Morgan fingerprint density at radius 1 is 1.32 bits per heavy atom. The van der Waals surface area contributed by atoms with Crippen molar-refractivity contribution >= 4 is 5.91 Å². The lowest BCUT2D eigenvalue weighted by molar-refractivity contribution is 0.0632. The summed E-state index contributed by atoms with van der Waals surface area (Å²) in [5.74, 6) is -0.617. The molecule has 3 heterocycles. The van der Waals surface area contributed by atoms with Crippen molar-refractivity contribution < 1.29 is 9.18 Å². The highest BCUT2D eigenvalue weighted by Gasteiger charge is 2.44. The zero-order valence-corrected chi connectivity index (χ0v) is 12.2. The Balaban J connectivity index is 1.61. The highest BCUT2D eigenvalue weighted by molar-refractivity contribution is 5.94. The number of nitrogens with zero attached hydrogens (tertiary/aromatic N) is 3. The van der Waals surface area contributed by atoms with E-state index in [0.29, 0.717) is 18.7 Å². The standard InChI is InChI=1S/C16H17FN4O/c17-13-6-12(7-18-9-13)15(22)21-5-1-3-16(10-21)4-2-11-8-19-20-14(11)16/h6-9H,1-5,10H2,(H,19,20). The van der Waals surface area contributed by atoms with E-state index in [0.717, 1.165) is 31.9 Å². The fourth-order valence-corrected chi connectivity index (χ4v) is 3.88. The average molecular weight is 300 g/mol. The van der Waals surface area contributed by atoms with E-state index in [1.807, 2.05) is 11.1 Å². The summed E-state index contributed by atoms with van der Waals surface area (Å²) < 4.78 is 13.3. The smallest absolute Gasteiger partial charge is 0.255 e. The highest BCUT2D eigenvalue weighted by atomic mass is 19.1. The minimum atomic E-state index is -0.478. The number of carbonyl (C=O) groups is 1. The monoisotopic (exact) mass is 300 g/mol. The summed E-state index contributed by atoms with van der Waals surface area (Å²) in [5.41, 5.74) is 2.75. The van der Waals surface area contributed by atoms with Gasteiger partial charge in [0.15, 0.2) is 0 Å². The molecule has 1 amide bonds. The van der Waals surface area contributed by atoms with Crippen molar-refractivity contribution in [3.05, 3.63) is 47.3 Å². The lowest BCUT2D eigenvalue weighted by atomic mass is 9.77. The number of pyridine rings is 1. The molecule has 114 valence electrons. The summed E-state index contributed by atoms with van der Waals surface area (Å²) in [6.45, 7) is 1.37. The predicted octanol–water partition coefficient (Wildman–Crippen LogP) is 2.06. The number of nitrogens with one attached hydrogen (secondary N) is 1. The van der Waals surface area contributed by atoms with Gasteiger partial charge in [0.25, 0.3) is 5.91 Å². The van der Waals surface area contributed by atoms with Gasteiger partial charge < -0.3 is 4.90 Å². The predicted molar refractivity (Wildman–Crippen MR) is 77.9 cm³/mol. The first-order valence-electron chi connectivity index (χ1n) is 7.60. The van der Waals surface area contributed by atoms with Crippen molar-refractivity contribution in [3.63, 3.8) is 0 Å². The van der Waals surface area contributed by atoms with Gasteiger partial charge in [-0.2, -0.15) is 5.10 Å². The number of amides is 1. The third-order valence-corrected chi connectivity index (χ3v) is 4.94. The summed E-state index contributed by atoms with van der Waals surface area (Å²) in [4.78, 5) is 18.2. The maximum Gasteiger partial charge on any atom is 0.255 e. The van der Waals surface area contributed by atoms with Crippen molar-refractivity contribution in [1.82, 2.24) is 20.1 Å². The largest absolute Gasteiger partial charge is 0.338 e. The van der Waals surface area contributed by atoms with Crippen molar-refractivity contribution in [2.45, 2.75) is 31.1 Å². The first-order valence-corrected chi connectivity index (χ1v) is 7.60. The van der Waals surface area contributed by atoms with Gasteiger partial charge in [0.2, 0.25) is 0 Å². The molecule has 1 saturated heterocycles. The van der Waals surface area contributed by atoms with Crippen LogP contribution in [0.3, 0.4) is 0 Å².